The third-order valence-electron chi connectivity index (χ3n) is 3.64. The number of hydrogen-bond acceptors (Lipinski definition) is 2. The normalized spacial score (nSPS) is 18.4. The SMILES string of the molecule is CCCCNC(=O)[C@@H]1CC(=O)N(c2cccc(C)c2)C1. The van der Waals surface area contributed by atoms with E-state index in [4.69, 9.17) is 0 Å². The molecular formula is C16H22N2O2. The third kappa shape index (κ3) is 3.38. The Kier molecular flexibility index (Phi) is 4.77. The van der Waals surface area contributed by atoms with Gasteiger partial charge in [0.25, 0.3) is 0 Å². The molecule has 0 aliphatic carbocycles. The molecule has 0 saturated carbocycles. The van der Waals surface area contributed by atoms with Crippen LogP contribution in [0, 0.1) is 12.8 Å². The third-order valence-corrected chi connectivity index (χ3v) is 3.64. The van der Waals surface area contributed by atoms with Crippen molar-refractivity contribution in [3.05, 3.63) is 29.8 Å². The van der Waals surface area contributed by atoms with Crippen molar-refractivity contribution >= 4 is 17.5 Å². The number of unbranched alkanes of at least 4 members (excludes halogenated alkanes) is 1. The van der Waals surface area contributed by atoms with Crippen molar-refractivity contribution in [3.63, 3.8) is 0 Å². The fourth-order valence-corrected chi connectivity index (χ4v) is 2.46. The lowest BCUT2D eigenvalue weighted by atomic mass is 10.1. The Balaban J connectivity index is 1.98. The van der Waals surface area contributed by atoms with Crippen LogP contribution in [0.4, 0.5) is 5.69 Å². The van der Waals surface area contributed by atoms with Crippen molar-refractivity contribution in [1.29, 1.82) is 0 Å². The van der Waals surface area contributed by atoms with E-state index in [9.17, 15) is 9.59 Å². The summed E-state index contributed by atoms with van der Waals surface area (Å²) in [5, 5.41) is 2.91. The number of anilines is 1. The van der Waals surface area contributed by atoms with E-state index >= 15 is 0 Å². The van der Waals surface area contributed by atoms with Gasteiger partial charge < -0.3 is 10.2 Å². The van der Waals surface area contributed by atoms with Gasteiger partial charge in [-0.15, -0.1) is 0 Å². The summed E-state index contributed by atoms with van der Waals surface area (Å²) in [5.74, 6) is -0.187. The van der Waals surface area contributed by atoms with E-state index in [1.807, 2.05) is 31.2 Å². The predicted molar refractivity (Wildman–Crippen MR) is 79.6 cm³/mol. The Morgan fingerprint density at radius 2 is 2.25 bits per heavy atom. The van der Waals surface area contributed by atoms with Crippen molar-refractivity contribution in [2.45, 2.75) is 33.1 Å². The van der Waals surface area contributed by atoms with Crippen molar-refractivity contribution < 1.29 is 9.59 Å². The molecule has 0 bridgehead atoms. The van der Waals surface area contributed by atoms with Crippen LogP contribution >= 0.6 is 0 Å². The Hall–Kier alpha value is -1.84. The molecule has 1 saturated heterocycles. The summed E-state index contributed by atoms with van der Waals surface area (Å²) >= 11 is 0. The van der Waals surface area contributed by atoms with Gasteiger partial charge in [-0.05, 0) is 31.0 Å². The number of rotatable bonds is 5. The van der Waals surface area contributed by atoms with Crippen LogP contribution in [0.25, 0.3) is 0 Å². The molecule has 1 aliphatic heterocycles. The number of nitrogens with zero attached hydrogens (tertiary/aromatic N) is 1. The molecule has 1 atom stereocenters. The van der Waals surface area contributed by atoms with E-state index in [0.717, 1.165) is 24.1 Å². The van der Waals surface area contributed by atoms with Gasteiger partial charge in [0.15, 0.2) is 0 Å². The molecular weight excluding hydrogens is 252 g/mol. The highest BCUT2D eigenvalue weighted by atomic mass is 16.2. The molecule has 1 heterocycles. The zero-order chi connectivity index (χ0) is 14.5. The maximum Gasteiger partial charge on any atom is 0.227 e. The highest BCUT2D eigenvalue weighted by Crippen LogP contribution is 2.25. The van der Waals surface area contributed by atoms with Crippen molar-refractivity contribution in [3.8, 4) is 0 Å². The standard InChI is InChI=1S/C16H22N2O2/c1-3-4-8-17-16(20)13-10-15(19)18(11-13)14-7-5-6-12(2)9-14/h5-7,9,13H,3-4,8,10-11H2,1-2H3,(H,17,20)/t13-/m1/s1. The van der Waals surface area contributed by atoms with Crippen molar-refractivity contribution in [2.75, 3.05) is 18.0 Å². The topological polar surface area (TPSA) is 49.4 Å². The summed E-state index contributed by atoms with van der Waals surface area (Å²) in [6.45, 7) is 5.27. The second-order valence-corrected chi connectivity index (χ2v) is 5.39. The summed E-state index contributed by atoms with van der Waals surface area (Å²) in [6.07, 6.45) is 2.35. The minimum atomic E-state index is -0.222. The van der Waals surface area contributed by atoms with E-state index in [1.165, 1.54) is 0 Å². The Bertz CT molecular complexity index is 499. The van der Waals surface area contributed by atoms with Crippen molar-refractivity contribution in [2.24, 2.45) is 5.92 Å². The van der Waals surface area contributed by atoms with Gasteiger partial charge in [0.2, 0.25) is 11.8 Å². The maximum atomic E-state index is 12.1. The molecule has 1 N–H and O–H groups in total. The lowest BCUT2D eigenvalue weighted by Gasteiger charge is -2.17. The highest BCUT2D eigenvalue weighted by Gasteiger charge is 2.34. The first-order valence-corrected chi connectivity index (χ1v) is 7.26. The van der Waals surface area contributed by atoms with E-state index in [1.54, 1.807) is 4.90 Å². The molecule has 0 aromatic heterocycles. The molecule has 0 unspecified atom stereocenters. The number of hydrogen-bond donors (Lipinski definition) is 1. The molecule has 1 aliphatic rings. The van der Waals surface area contributed by atoms with Crippen LogP contribution in [-0.2, 0) is 9.59 Å². The fourth-order valence-electron chi connectivity index (χ4n) is 2.46. The first-order valence-electron chi connectivity index (χ1n) is 7.26. The average Bonchev–Trinajstić information content (AvgIpc) is 2.81. The van der Waals surface area contributed by atoms with Gasteiger partial charge in [0.05, 0.1) is 5.92 Å². The summed E-state index contributed by atoms with van der Waals surface area (Å²) < 4.78 is 0. The van der Waals surface area contributed by atoms with Crippen LogP contribution < -0.4 is 10.2 Å². The molecule has 4 heteroatoms. The zero-order valence-corrected chi connectivity index (χ0v) is 12.2. The second kappa shape index (κ2) is 6.55. The number of amides is 2. The van der Waals surface area contributed by atoms with Gasteiger partial charge >= 0.3 is 0 Å². The van der Waals surface area contributed by atoms with E-state index in [2.05, 4.69) is 12.2 Å². The van der Waals surface area contributed by atoms with Crippen LogP contribution in [0.1, 0.15) is 31.7 Å². The molecule has 1 aromatic rings. The van der Waals surface area contributed by atoms with Gasteiger partial charge in [0, 0.05) is 25.2 Å². The number of benzene rings is 1. The van der Waals surface area contributed by atoms with Gasteiger partial charge in [0.1, 0.15) is 0 Å². The molecule has 20 heavy (non-hydrogen) atoms. The monoisotopic (exact) mass is 274 g/mol. The van der Waals surface area contributed by atoms with Gasteiger partial charge in [-0.3, -0.25) is 9.59 Å². The molecule has 108 valence electrons. The molecule has 2 amide bonds. The molecule has 0 radical (unpaired) electrons. The minimum Gasteiger partial charge on any atom is -0.356 e. The van der Waals surface area contributed by atoms with Crippen LogP contribution in [0.5, 0.6) is 0 Å². The Morgan fingerprint density at radius 3 is 2.95 bits per heavy atom. The van der Waals surface area contributed by atoms with Crippen LogP contribution in [0.15, 0.2) is 24.3 Å². The number of nitrogens with one attached hydrogen (secondary N) is 1. The van der Waals surface area contributed by atoms with Crippen LogP contribution in [0.2, 0.25) is 0 Å². The summed E-state index contributed by atoms with van der Waals surface area (Å²) in [4.78, 5) is 25.8. The molecule has 1 aromatic carbocycles. The first kappa shape index (κ1) is 14.6. The molecule has 1 fully saturated rings. The smallest absolute Gasteiger partial charge is 0.227 e. The Labute approximate surface area is 120 Å². The maximum absolute atomic E-state index is 12.1. The van der Waals surface area contributed by atoms with Gasteiger partial charge in [-0.1, -0.05) is 25.5 Å². The highest BCUT2D eigenvalue weighted by molar-refractivity contribution is 6.00. The molecule has 2 rings (SSSR count). The van der Waals surface area contributed by atoms with Gasteiger partial charge in [-0.2, -0.15) is 0 Å². The van der Waals surface area contributed by atoms with Crippen LogP contribution in [-0.4, -0.2) is 24.9 Å². The summed E-state index contributed by atoms with van der Waals surface area (Å²) in [6, 6.07) is 7.84. The van der Waals surface area contributed by atoms with E-state index < -0.39 is 0 Å². The summed E-state index contributed by atoms with van der Waals surface area (Å²) in [7, 11) is 0. The van der Waals surface area contributed by atoms with Gasteiger partial charge in [-0.25, -0.2) is 0 Å². The number of carbonyl (C=O) groups is 2. The predicted octanol–water partition coefficient (Wildman–Crippen LogP) is 2.26. The van der Waals surface area contributed by atoms with Crippen molar-refractivity contribution in [1.82, 2.24) is 5.32 Å². The average molecular weight is 274 g/mol. The zero-order valence-electron chi connectivity index (χ0n) is 12.2. The number of aryl methyl sites for hydroxylation is 1. The lowest BCUT2D eigenvalue weighted by molar-refractivity contribution is -0.126. The second-order valence-electron chi connectivity index (χ2n) is 5.39. The minimum absolute atomic E-state index is 0.00181. The largest absolute Gasteiger partial charge is 0.356 e. The lowest BCUT2D eigenvalue weighted by Crippen LogP contribution is -2.33. The Morgan fingerprint density at radius 1 is 1.45 bits per heavy atom. The van der Waals surface area contributed by atoms with E-state index in [0.29, 0.717) is 19.5 Å². The van der Waals surface area contributed by atoms with Crippen LogP contribution in [0.3, 0.4) is 0 Å². The fraction of sp³-hybridized carbons (Fsp3) is 0.500. The summed E-state index contributed by atoms with van der Waals surface area (Å²) in [5.41, 5.74) is 2.00. The molecule has 0 spiro atoms. The first-order chi connectivity index (χ1) is 9.61. The van der Waals surface area contributed by atoms with E-state index in [-0.39, 0.29) is 17.7 Å². The quantitative estimate of drug-likeness (QED) is 0.837. The molecule has 4 nitrogen and oxygen atoms in total. The number of carbonyl (C=O) groups excluding carboxylic acids is 2.